The first-order chi connectivity index (χ1) is 17.4. The third kappa shape index (κ3) is 4.80. The zero-order valence-electron chi connectivity index (χ0n) is 22.2. The molecule has 5 rings (SSSR count). The maximum atomic E-state index is 13.4. The lowest BCUT2D eigenvalue weighted by atomic mass is 9.44. The van der Waals surface area contributed by atoms with Crippen molar-refractivity contribution < 1.29 is 39.9 Å². The van der Waals surface area contributed by atoms with Crippen molar-refractivity contribution in [3.63, 3.8) is 0 Å². The lowest BCUT2D eigenvalue weighted by Gasteiger charge is -2.60. The Balaban J connectivity index is 0.000000245. The number of rotatable bonds is 4. The number of carboxylic acid groups (broad SMARTS) is 1. The molecule has 0 radical (unpaired) electrons. The van der Waals surface area contributed by atoms with E-state index in [1.807, 2.05) is 6.92 Å². The van der Waals surface area contributed by atoms with Crippen LogP contribution >= 0.6 is 0 Å². The molecule has 0 aromatic carbocycles. The van der Waals surface area contributed by atoms with Crippen molar-refractivity contribution in [1.82, 2.24) is 5.32 Å². The molecule has 37 heavy (non-hydrogen) atoms. The number of aliphatic hydroxyl groups excluding tert-OH is 3. The number of Topliss-reactive ketones (excluding diaryl/α,β-unsaturated/α-hetero) is 2. The number of carbonyl (C=O) groups is 3. The van der Waals surface area contributed by atoms with Gasteiger partial charge in [-0.3, -0.25) is 19.7 Å². The Bertz CT molecular complexity index is 895. The summed E-state index contributed by atoms with van der Waals surface area (Å²) < 4.78 is 0. The number of piperidine rings is 1. The molecule has 4 saturated carbocycles. The molecule has 10 atom stereocenters. The first-order valence-corrected chi connectivity index (χ1v) is 14.1. The molecule has 5 aliphatic rings. The van der Waals surface area contributed by atoms with E-state index in [-0.39, 0.29) is 54.1 Å². The fourth-order valence-electron chi connectivity index (χ4n) is 9.00. The molecule has 0 amide bonds. The number of carboxylic acids is 1. The zero-order valence-corrected chi connectivity index (χ0v) is 22.2. The zero-order chi connectivity index (χ0) is 27.2. The summed E-state index contributed by atoms with van der Waals surface area (Å²) in [5.74, 6) is -0.437. The predicted octanol–water partition coefficient (Wildman–Crippen LogP) is 1.44. The Morgan fingerprint density at radius 2 is 1.76 bits per heavy atom. The van der Waals surface area contributed by atoms with Gasteiger partial charge in [-0.05, 0) is 87.4 Å². The van der Waals surface area contributed by atoms with Crippen LogP contribution in [0.5, 0.6) is 0 Å². The summed E-state index contributed by atoms with van der Waals surface area (Å²) in [5, 5.41) is 50.8. The molecule has 1 heterocycles. The number of fused-ring (bicyclic) bond motifs is 5. The molecule has 1 saturated heterocycles. The molecular weight excluding hydrogens is 478 g/mol. The highest BCUT2D eigenvalue weighted by molar-refractivity contribution is 5.92. The average Bonchev–Trinajstić information content (AvgIpc) is 3.15. The van der Waals surface area contributed by atoms with E-state index in [4.69, 9.17) is 10.2 Å². The van der Waals surface area contributed by atoms with Crippen LogP contribution in [0.25, 0.3) is 0 Å². The Hall–Kier alpha value is -1.39. The third-order valence-electron chi connectivity index (χ3n) is 11.1. The Labute approximate surface area is 219 Å². The van der Waals surface area contributed by atoms with E-state index in [0.717, 1.165) is 51.4 Å². The van der Waals surface area contributed by atoms with Crippen molar-refractivity contribution in [2.24, 2.45) is 34.5 Å². The van der Waals surface area contributed by atoms with Crippen LogP contribution in [0.1, 0.15) is 84.5 Å². The summed E-state index contributed by atoms with van der Waals surface area (Å²) in [5.41, 5.74) is -2.40. The van der Waals surface area contributed by atoms with Gasteiger partial charge in [0, 0.05) is 23.8 Å². The minimum Gasteiger partial charge on any atom is -0.480 e. The molecule has 6 N–H and O–H groups in total. The van der Waals surface area contributed by atoms with Gasteiger partial charge < -0.3 is 25.5 Å². The van der Waals surface area contributed by atoms with Crippen molar-refractivity contribution in [1.29, 1.82) is 0 Å². The number of nitrogens with one attached hydrogen (secondary N) is 1. The largest absolute Gasteiger partial charge is 0.480 e. The van der Waals surface area contributed by atoms with Gasteiger partial charge in [0.15, 0.2) is 5.78 Å². The van der Waals surface area contributed by atoms with Gasteiger partial charge in [0.2, 0.25) is 0 Å². The minimum atomic E-state index is -1.58. The summed E-state index contributed by atoms with van der Waals surface area (Å²) in [6, 6.07) is -0.481. The van der Waals surface area contributed by atoms with Gasteiger partial charge in [-0.2, -0.15) is 0 Å². The molecule has 0 bridgehead atoms. The van der Waals surface area contributed by atoms with Gasteiger partial charge in [0.25, 0.3) is 0 Å². The highest BCUT2D eigenvalue weighted by Crippen LogP contribution is 2.67. The molecule has 0 aromatic rings. The van der Waals surface area contributed by atoms with Crippen LogP contribution < -0.4 is 5.32 Å². The van der Waals surface area contributed by atoms with Crippen LogP contribution in [0.3, 0.4) is 0 Å². The molecule has 4 aliphatic carbocycles. The second-order valence-electron chi connectivity index (χ2n) is 12.9. The van der Waals surface area contributed by atoms with Crippen molar-refractivity contribution in [3.8, 4) is 0 Å². The van der Waals surface area contributed by atoms with Crippen LogP contribution in [0.4, 0.5) is 0 Å². The van der Waals surface area contributed by atoms with E-state index >= 15 is 0 Å². The van der Waals surface area contributed by atoms with Crippen molar-refractivity contribution in [2.75, 3.05) is 13.2 Å². The smallest absolute Gasteiger partial charge is 0.320 e. The van der Waals surface area contributed by atoms with E-state index in [9.17, 15) is 29.7 Å². The topological polar surface area (TPSA) is 164 Å². The monoisotopic (exact) mass is 523 g/mol. The van der Waals surface area contributed by atoms with E-state index in [0.29, 0.717) is 18.8 Å². The lowest BCUT2D eigenvalue weighted by Crippen LogP contribution is -2.62. The molecule has 9 heteroatoms. The molecule has 1 aliphatic heterocycles. The number of aliphatic carboxylic acids is 1. The van der Waals surface area contributed by atoms with Crippen molar-refractivity contribution >= 4 is 17.5 Å². The van der Waals surface area contributed by atoms with E-state index < -0.39 is 35.4 Å². The standard InChI is InChI=1S/C21H32O5.C7H13NO3/c1-19-7-5-13(23)9-12(19)3-4-14-15-6-8-21(26,17(25)11-22)20(15,2)10-16(24)18(14)19;9-4-5-2-1-3-6(8-5)7(10)11/h12-15,18,22-23,26H,3-11H2,1-2H3;5-6,8-9H,1-4H2,(H,10,11)/t12-,13-,14+,15+,18-,19+,20+,21+;/m1./s1. The molecule has 5 fully saturated rings. The summed E-state index contributed by atoms with van der Waals surface area (Å²) >= 11 is 0. The van der Waals surface area contributed by atoms with Crippen LogP contribution in [-0.2, 0) is 14.4 Å². The Morgan fingerprint density at radius 3 is 2.41 bits per heavy atom. The highest BCUT2D eigenvalue weighted by Gasteiger charge is 2.68. The van der Waals surface area contributed by atoms with E-state index in [1.54, 1.807) is 0 Å². The average molecular weight is 524 g/mol. The number of hydrogen-bond donors (Lipinski definition) is 6. The van der Waals surface area contributed by atoms with Gasteiger partial charge in [-0.15, -0.1) is 0 Å². The Morgan fingerprint density at radius 1 is 1.03 bits per heavy atom. The van der Waals surface area contributed by atoms with Gasteiger partial charge in [-0.1, -0.05) is 13.8 Å². The molecule has 9 nitrogen and oxygen atoms in total. The van der Waals surface area contributed by atoms with Crippen LogP contribution in [0.2, 0.25) is 0 Å². The predicted molar refractivity (Wildman–Crippen MR) is 134 cm³/mol. The van der Waals surface area contributed by atoms with Crippen molar-refractivity contribution in [3.05, 3.63) is 0 Å². The second-order valence-corrected chi connectivity index (χ2v) is 12.9. The number of carbonyl (C=O) groups excluding carboxylic acids is 2. The highest BCUT2D eigenvalue weighted by atomic mass is 16.4. The fraction of sp³-hybridized carbons (Fsp3) is 0.893. The molecule has 210 valence electrons. The van der Waals surface area contributed by atoms with Gasteiger partial charge in [0.1, 0.15) is 24.0 Å². The SMILES string of the molecule is C[C@]12CC[C@@H](O)C[C@H]1CC[C@@H]1[C@@H]2C(=O)C[C@@]2(C)[C@H]1CC[C@]2(O)C(=O)CO.O=C(O)C1CCCC(CO)N1. The minimum absolute atomic E-state index is 0.0154. The summed E-state index contributed by atoms with van der Waals surface area (Å²) in [4.78, 5) is 36.2. The first-order valence-electron chi connectivity index (χ1n) is 14.1. The summed E-state index contributed by atoms with van der Waals surface area (Å²) in [7, 11) is 0. The molecule has 2 unspecified atom stereocenters. The quantitative estimate of drug-likeness (QED) is 0.320. The maximum Gasteiger partial charge on any atom is 0.320 e. The van der Waals surface area contributed by atoms with E-state index in [2.05, 4.69) is 12.2 Å². The lowest BCUT2D eigenvalue weighted by molar-refractivity contribution is -0.180. The maximum absolute atomic E-state index is 13.4. The van der Waals surface area contributed by atoms with Crippen molar-refractivity contribution in [2.45, 2.75) is 108 Å². The number of ketones is 2. The normalized spacial score (nSPS) is 47.1. The number of hydrogen-bond acceptors (Lipinski definition) is 8. The van der Waals surface area contributed by atoms with Crippen LogP contribution in [0.15, 0.2) is 0 Å². The van der Waals surface area contributed by atoms with Gasteiger partial charge in [0.05, 0.1) is 12.7 Å². The first kappa shape index (κ1) is 28.6. The van der Waals surface area contributed by atoms with E-state index in [1.165, 1.54) is 0 Å². The Kier molecular flexibility index (Phi) is 8.23. The third-order valence-corrected chi connectivity index (χ3v) is 11.1. The molecular formula is C28H45NO8. The van der Waals surface area contributed by atoms with Crippen LogP contribution in [-0.4, -0.2) is 80.1 Å². The molecule has 0 spiro atoms. The van der Waals surface area contributed by atoms with Gasteiger partial charge >= 0.3 is 5.97 Å². The van der Waals surface area contributed by atoms with Gasteiger partial charge in [-0.25, -0.2) is 0 Å². The number of aliphatic hydroxyl groups is 4. The molecule has 0 aromatic heterocycles. The van der Waals surface area contributed by atoms with Crippen LogP contribution in [0, 0.1) is 34.5 Å². The fourth-order valence-corrected chi connectivity index (χ4v) is 9.00. The summed E-state index contributed by atoms with van der Waals surface area (Å²) in [6.45, 7) is 3.49. The second kappa shape index (κ2) is 10.6. The summed E-state index contributed by atoms with van der Waals surface area (Å²) in [6.07, 6.45) is 7.91.